The van der Waals surface area contributed by atoms with Crippen LogP contribution in [0.25, 0.3) is 0 Å². The van der Waals surface area contributed by atoms with Crippen molar-refractivity contribution in [2.24, 2.45) is 17.8 Å². The smallest absolute Gasteiger partial charge is 0.234 e. The SMILES string of the molecule is CC(C)C(C#N)N1C(=O)C2CCCCC2C1=O. The van der Waals surface area contributed by atoms with Crippen LogP contribution in [0.5, 0.6) is 0 Å². The Balaban J connectivity index is 2.27. The fourth-order valence-corrected chi connectivity index (χ4v) is 2.97. The second-order valence-corrected chi connectivity index (χ2v) is 5.36. The standard InChI is InChI=1S/C13H18N2O2/c1-8(2)11(7-14)15-12(16)9-5-3-4-6-10(9)13(15)17/h8-11H,3-6H2,1-2H3. The van der Waals surface area contributed by atoms with Gasteiger partial charge in [0, 0.05) is 0 Å². The first-order valence-electron chi connectivity index (χ1n) is 6.34. The lowest BCUT2D eigenvalue weighted by Crippen LogP contribution is -2.42. The van der Waals surface area contributed by atoms with E-state index in [0.717, 1.165) is 25.7 Å². The predicted octanol–water partition coefficient (Wildman–Crippen LogP) is 1.71. The molecular weight excluding hydrogens is 216 g/mol. The first-order valence-corrected chi connectivity index (χ1v) is 6.34. The fraction of sp³-hybridized carbons (Fsp3) is 0.769. The summed E-state index contributed by atoms with van der Waals surface area (Å²) >= 11 is 0. The van der Waals surface area contributed by atoms with E-state index in [9.17, 15) is 9.59 Å². The van der Waals surface area contributed by atoms with E-state index in [1.807, 2.05) is 13.8 Å². The van der Waals surface area contributed by atoms with Crippen molar-refractivity contribution in [3.05, 3.63) is 0 Å². The minimum Gasteiger partial charge on any atom is -0.274 e. The molecule has 1 saturated carbocycles. The van der Waals surface area contributed by atoms with Crippen LogP contribution >= 0.6 is 0 Å². The highest BCUT2D eigenvalue weighted by molar-refractivity contribution is 6.05. The maximum Gasteiger partial charge on any atom is 0.234 e. The lowest BCUT2D eigenvalue weighted by molar-refractivity contribution is -0.142. The molecule has 1 heterocycles. The average molecular weight is 234 g/mol. The Morgan fingerprint density at radius 1 is 1.18 bits per heavy atom. The van der Waals surface area contributed by atoms with Gasteiger partial charge in [0.1, 0.15) is 6.04 Å². The summed E-state index contributed by atoms with van der Waals surface area (Å²) in [5.74, 6) is -0.523. The van der Waals surface area contributed by atoms with Crippen molar-refractivity contribution in [1.29, 1.82) is 5.26 Å². The summed E-state index contributed by atoms with van der Waals surface area (Å²) in [6.45, 7) is 3.74. The number of carbonyl (C=O) groups excluding carboxylic acids is 2. The van der Waals surface area contributed by atoms with Crippen LogP contribution in [-0.2, 0) is 9.59 Å². The monoisotopic (exact) mass is 234 g/mol. The summed E-state index contributed by atoms with van der Waals surface area (Å²) < 4.78 is 0. The molecule has 1 saturated heterocycles. The van der Waals surface area contributed by atoms with Gasteiger partial charge in [-0.1, -0.05) is 26.7 Å². The molecule has 3 unspecified atom stereocenters. The highest BCUT2D eigenvalue weighted by atomic mass is 16.2. The Morgan fingerprint density at radius 3 is 2.00 bits per heavy atom. The largest absolute Gasteiger partial charge is 0.274 e. The Bertz CT molecular complexity index is 359. The second kappa shape index (κ2) is 4.48. The minimum absolute atomic E-state index is 0.00643. The Morgan fingerprint density at radius 2 is 1.65 bits per heavy atom. The Labute approximate surface area is 102 Å². The number of amides is 2. The van der Waals surface area contributed by atoms with Crippen LogP contribution in [0.1, 0.15) is 39.5 Å². The molecule has 0 N–H and O–H groups in total. The van der Waals surface area contributed by atoms with Crippen LogP contribution in [0.2, 0.25) is 0 Å². The van der Waals surface area contributed by atoms with Crippen molar-refractivity contribution in [3.8, 4) is 6.07 Å². The molecule has 4 nitrogen and oxygen atoms in total. The normalized spacial score (nSPS) is 30.4. The van der Waals surface area contributed by atoms with Gasteiger partial charge >= 0.3 is 0 Å². The lowest BCUT2D eigenvalue weighted by atomic mass is 9.81. The van der Waals surface area contributed by atoms with E-state index < -0.39 is 6.04 Å². The molecule has 0 aromatic heterocycles. The maximum atomic E-state index is 12.2. The number of hydrogen-bond acceptors (Lipinski definition) is 3. The first-order chi connectivity index (χ1) is 8.07. The van der Waals surface area contributed by atoms with Crippen LogP contribution in [-0.4, -0.2) is 22.8 Å². The Hall–Kier alpha value is -1.37. The predicted molar refractivity (Wildman–Crippen MR) is 61.5 cm³/mol. The molecular formula is C13H18N2O2. The van der Waals surface area contributed by atoms with Crippen molar-refractivity contribution in [1.82, 2.24) is 4.90 Å². The molecule has 0 aromatic carbocycles. The van der Waals surface area contributed by atoms with E-state index in [2.05, 4.69) is 6.07 Å². The van der Waals surface area contributed by atoms with Gasteiger partial charge in [0.05, 0.1) is 17.9 Å². The van der Waals surface area contributed by atoms with Gasteiger partial charge in [0.2, 0.25) is 11.8 Å². The van der Waals surface area contributed by atoms with E-state index in [-0.39, 0.29) is 29.6 Å². The zero-order chi connectivity index (χ0) is 12.6. The fourth-order valence-electron chi connectivity index (χ4n) is 2.97. The summed E-state index contributed by atoms with van der Waals surface area (Å²) in [7, 11) is 0. The van der Waals surface area contributed by atoms with Gasteiger partial charge < -0.3 is 0 Å². The lowest BCUT2D eigenvalue weighted by Gasteiger charge is -2.23. The van der Waals surface area contributed by atoms with Crippen LogP contribution in [0.4, 0.5) is 0 Å². The number of imide groups is 1. The summed E-state index contributed by atoms with van der Waals surface area (Å²) in [4.78, 5) is 25.7. The van der Waals surface area contributed by atoms with Crippen molar-refractivity contribution in [2.45, 2.75) is 45.6 Å². The van der Waals surface area contributed by atoms with Gasteiger partial charge in [-0.2, -0.15) is 5.26 Å². The number of rotatable bonds is 2. The Kier molecular flexibility index (Phi) is 3.19. The number of likely N-dealkylation sites (tertiary alicyclic amines) is 1. The van der Waals surface area contributed by atoms with Crippen LogP contribution in [0, 0.1) is 29.1 Å². The summed E-state index contributed by atoms with van der Waals surface area (Å²) in [5.41, 5.74) is 0. The van der Waals surface area contributed by atoms with Crippen molar-refractivity contribution in [3.63, 3.8) is 0 Å². The molecule has 0 radical (unpaired) electrons. The third kappa shape index (κ3) is 1.84. The highest BCUT2D eigenvalue weighted by Gasteiger charge is 2.50. The van der Waals surface area contributed by atoms with Crippen molar-refractivity contribution in [2.75, 3.05) is 0 Å². The average Bonchev–Trinajstić information content (AvgIpc) is 2.56. The zero-order valence-electron chi connectivity index (χ0n) is 10.3. The molecule has 2 fully saturated rings. The molecule has 17 heavy (non-hydrogen) atoms. The zero-order valence-corrected chi connectivity index (χ0v) is 10.3. The molecule has 2 amide bonds. The van der Waals surface area contributed by atoms with Gasteiger partial charge in [0.15, 0.2) is 0 Å². The molecule has 0 aromatic rings. The topological polar surface area (TPSA) is 61.2 Å². The molecule has 0 spiro atoms. The molecule has 1 aliphatic heterocycles. The maximum absolute atomic E-state index is 12.2. The minimum atomic E-state index is -0.597. The van der Waals surface area contributed by atoms with E-state index in [0.29, 0.717) is 0 Å². The van der Waals surface area contributed by atoms with Crippen LogP contribution < -0.4 is 0 Å². The van der Waals surface area contributed by atoms with E-state index in [1.54, 1.807) is 0 Å². The number of carbonyl (C=O) groups is 2. The van der Waals surface area contributed by atoms with Crippen LogP contribution in [0.3, 0.4) is 0 Å². The van der Waals surface area contributed by atoms with Gasteiger partial charge in [-0.15, -0.1) is 0 Å². The third-order valence-corrected chi connectivity index (χ3v) is 3.92. The van der Waals surface area contributed by atoms with Crippen LogP contribution in [0.15, 0.2) is 0 Å². The van der Waals surface area contributed by atoms with E-state index in [4.69, 9.17) is 5.26 Å². The van der Waals surface area contributed by atoms with Gasteiger partial charge in [-0.3, -0.25) is 14.5 Å². The van der Waals surface area contributed by atoms with Gasteiger partial charge in [-0.25, -0.2) is 0 Å². The molecule has 2 rings (SSSR count). The second-order valence-electron chi connectivity index (χ2n) is 5.36. The molecule has 92 valence electrons. The van der Waals surface area contributed by atoms with Crippen molar-refractivity contribution < 1.29 is 9.59 Å². The number of nitriles is 1. The first kappa shape index (κ1) is 12.1. The number of nitrogens with zero attached hydrogens (tertiary/aromatic N) is 2. The van der Waals surface area contributed by atoms with E-state index >= 15 is 0 Å². The molecule has 0 bridgehead atoms. The summed E-state index contributed by atoms with van der Waals surface area (Å²) in [6, 6.07) is 1.50. The summed E-state index contributed by atoms with van der Waals surface area (Å²) in [5, 5.41) is 9.13. The summed E-state index contributed by atoms with van der Waals surface area (Å²) in [6.07, 6.45) is 3.66. The highest BCUT2D eigenvalue weighted by Crippen LogP contribution is 2.39. The quantitative estimate of drug-likeness (QED) is 0.683. The number of fused-ring (bicyclic) bond motifs is 1. The molecule has 4 heteroatoms. The molecule has 2 aliphatic rings. The molecule has 1 aliphatic carbocycles. The number of hydrogen-bond donors (Lipinski definition) is 0. The van der Waals surface area contributed by atoms with Gasteiger partial charge in [0.25, 0.3) is 0 Å². The van der Waals surface area contributed by atoms with E-state index in [1.165, 1.54) is 4.90 Å². The van der Waals surface area contributed by atoms with Crippen molar-refractivity contribution >= 4 is 11.8 Å². The third-order valence-electron chi connectivity index (χ3n) is 3.92. The molecule has 3 atom stereocenters. The van der Waals surface area contributed by atoms with Gasteiger partial charge in [-0.05, 0) is 18.8 Å².